The van der Waals surface area contributed by atoms with Crippen molar-refractivity contribution in [3.05, 3.63) is 48.6 Å². The number of hydrogen-bond donors (Lipinski definition) is 2. The lowest BCUT2D eigenvalue weighted by Crippen LogP contribution is -2.29. The van der Waals surface area contributed by atoms with Gasteiger partial charge in [-0.1, -0.05) is 133 Å². The molecule has 0 spiro atoms. The van der Waals surface area contributed by atoms with E-state index in [-0.39, 0.29) is 32.6 Å². The predicted octanol–water partition coefficient (Wildman–Crippen LogP) is 8.82. The van der Waals surface area contributed by atoms with E-state index < -0.39 is 32.5 Å². The van der Waals surface area contributed by atoms with E-state index in [0.29, 0.717) is 6.42 Å². The van der Waals surface area contributed by atoms with E-state index in [1.807, 2.05) is 36.5 Å². The maximum absolute atomic E-state index is 12.4. The second-order valence-electron chi connectivity index (χ2n) is 11.1. The molecule has 9 nitrogen and oxygen atoms in total. The van der Waals surface area contributed by atoms with Crippen LogP contribution in [0.2, 0.25) is 0 Å². The molecular weight excluding hydrogens is 593 g/mol. The lowest BCUT2D eigenvalue weighted by molar-refractivity contribution is -0.161. The Morgan fingerprint density at radius 3 is 1.82 bits per heavy atom. The number of allylic oxidation sites excluding steroid dienone is 8. The van der Waals surface area contributed by atoms with Crippen molar-refractivity contribution in [2.45, 2.75) is 136 Å². The number of carbonyl (C=O) groups is 2. The quantitative estimate of drug-likeness (QED) is 0.0325. The molecule has 2 unspecified atom stereocenters. The summed E-state index contributed by atoms with van der Waals surface area (Å²) < 4.78 is 32.5. The molecule has 10 heteroatoms. The molecule has 0 aromatic carbocycles. The number of carbonyl (C=O) groups excluding carboxylic acids is 2. The summed E-state index contributed by atoms with van der Waals surface area (Å²) in [5, 5.41) is 0. The van der Waals surface area contributed by atoms with Crippen LogP contribution in [-0.4, -0.2) is 49.3 Å². The van der Waals surface area contributed by atoms with Crippen LogP contribution in [0, 0.1) is 0 Å². The fraction of sp³-hybridized carbons (Fsp3) is 0.714. The van der Waals surface area contributed by atoms with E-state index in [4.69, 9.17) is 24.3 Å². The molecule has 0 radical (unpaired) electrons. The number of ether oxygens (including phenoxy) is 2. The van der Waals surface area contributed by atoms with Gasteiger partial charge in [0.2, 0.25) is 0 Å². The van der Waals surface area contributed by atoms with Crippen molar-refractivity contribution >= 4 is 19.8 Å². The average molecular weight is 656 g/mol. The Labute approximate surface area is 273 Å². The zero-order valence-electron chi connectivity index (χ0n) is 28.1. The predicted molar refractivity (Wildman–Crippen MR) is 183 cm³/mol. The minimum atomic E-state index is -4.38. The van der Waals surface area contributed by atoms with Crippen molar-refractivity contribution in [1.82, 2.24) is 0 Å². The number of phosphoric ester groups is 1. The van der Waals surface area contributed by atoms with Gasteiger partial charge < -0.3 is 20.1 Å². The fourth-order valence-corrected chi connectivity index (χ4v) is 5.05. The highest BCUT2D eigenvalue weighted by atomic mass is 31.2. The normalized spacial score (nSPS) is 14.1. The SMILES string of the molecule is CC/C=C/C=C/C=C/C=C/CCCCCC(=O)OC(COC(=O)CCCCCCCCCCCCC)COP(=O)(O)OCCN. The Morgan fingerprint density at radius 1 is 0.689 bits per heavy atom. The molecule has 0 heterocycles. The smallest absolute Gasteiger partial charge is 0.462 e. The first kappa shape index (κ1) is 43.0. The van der Waals surface area contributed by atoms with E-state index in [2.05, 4.69) is 26.0 Å². The highest BCUT2D eigenvalue weighted by Gasteiger charge is 2.25. The minimum Gasteiger partial charge on any atom is -0.462 e. The molecule has 0 bridgehead atoms. The van der Waals surface area contributed by atoms with Crippen LogP contribution in [0.1, 0.15) is 129 Å². The van der Waals surface area contributed by atoms with Crippen LogP contribution in [0.15, 0.2) is 48.6 Å². The molecule has 0 fully saturated rings. The minimum absolute atomic E-state index is 0.0454. The second kappa shape index (κ2) is 31.9. The Hall–Kier alpha value is -2.03. The Kier molecular flexibility index (Phi) is 30.5. The van der Waals surface area contributed by atoms with Crippen LogP contribution in [0.3, 0.4) is 0 Å². The van der Waals surface area contributed by atoms with Crippen molar-refractivity contribution in [3.63, 3.8) is 0 Å². The van der Waals surface area contributed by atoms with Gasteiger partial charge in [0.15, 0.2) is 6.10 Å². The molecule has 0 aromatic rings. The zero-order valence-corrected chi connectivity index (χ0v) is 29.0. The molecule has 0 aliphatic carbocycles. The first-order chi connectivity index (χ1) is 21.8. The van der Waals surface area contributed by atoms with Crippen LogP contribution in [0.25, 0.3) is 0 Å². The molecule has 0 amide bonds. The summed E-state index contributed by atoms with van der Waals surface area (Å²) >= 11 is 0. The topological polar surface area (TPSA) is 134 Å². The highest BCUT2D eigenvalue weighted by Crippen LogP contribution is 2.43. The number of nitrogens with two attached hydrogens (primary N) is 1. The number of unbranched alkanes of at least 4 members (excludes halogenated alkanes) is 13. The van der Waals surface area contributed by atoms with E-state index >= 15 is 0 Å². The molecule has 0 saturated carbocycles. The third-order valence-electron chi connectivity index (χ3n) is 6.82. The fourth-order valence-electron chi connectivity index (χ4n) is 4.29. The molecule has 0 saturated heterocycles. The van der Waals surface area contributed by atoms with Crippen molar-refractivity contribution in [2.24, 2.45) is 5.73 Å². The average Bonchev–Trinajstić information content (AvgIpc) is 3.02. The van der Waals surface area contributed by atoms with Gasteiger partial charge in [0, 0.05) is 19.4 Å². The van der Waals surface area contributed by atoms with Gasteiger partial charge in [0.25, 0.3) is 0 Å². The van der Waals surface area contributed by atoms with Crippen LogP contribution >= 0.6 is 7.82 Å². The summed E-state index contributed by atoms with van der Waals surface area (Å²) in [4.78, 5) is 34.5. The molecule has 45 heavy (non-hydrogen) atoms. The molecule has 260 valence electrons. The second-order valence-corrected chi connectivity index (χ2v) is 12.6. The van der Waals surface area contributed by atoms with Crippen LogP contribution in [0.5, 0.6) is 0 Å². The Bertz CT molecular complexity index is 887. The monoisotopic (exact) mass is 655 g/mol. The van der Waals surface area contributed by atoms with Gasteiger partial charge in [0.1, 0.15) is 6.61 Å². The third-order valence-corrected chi connectivity index (χ3v) is 7.81. The first-order valence-electron chi connectivity index (χ1n) is 17.2. The number of rotatable bonds is 31. The first-order valence-corrected chi connectivity index (χ1v) is 18.7. The van der Waals surface area contributed by atoms with E-state index in [9.17, 15) is 19.0 Å². The van der Waals surface area contributed by atoms with Crippen molar-refractivity contribution in [3.8, 4) is 0 Å². The summed E-state index contributed by atoms with van der Waals surface area (Å²) in [6.07, 6.45) is 32.9. The molecule has 0 aliphatic heterocycles. The van der Waals surface area contributed by atoms with Crippen LogP contribution in [0.4, 0.5) is 0 Å². The molecule has 3 N–H and O–H groups in total. The lowest BCUT2D eigenvalue weighted by Gasteiger charge is -2.19. The van der Waals surface area contributed by atoms with E-state index in [1.54, 1.807) is 0 Å². The number of esters is 2. The van der Waals surface area contributed by atoms with E-state index in [1.165, 1.54) is 51.4 Å². The summed E-state index contributed by atoms with van der Waals surface area (Å²) in [7, 11) is -4.38. The molecule has 0 aliphatic rings. The third kappa shape index (κ3) is 31.7. The zero-order chi connectivity index (χ0) is 33.3. The van der Waals surface area contributed by atoms with Gasteiger partial charge >= 0.3 is 19.8 Å². The molecule has 0 aromatic heterocycles. The maximum atomic E-state index is 12.4. The van der Waals surface area contributed by atoms with Gasteiger partial charge in [-0.25, -0.2) is 4.57 Å². The number of phosphoric acid groups is 1. The molecule has 0 rings (SSSR count). The number of hydrogen-bond acceptors (Lipinski definition) is 8. The van der Waals surface area contributed by atoms with Gasteiger partial charge in [-0.3, -0.25) is 18.6 Å². The van der Waals surface area contributed by atoms with Crippen molar-refractivity contribution in [2.75, 3.05) is 26.4 Å². The van der Waals surface area contributed by atoms with Crippen molar-refractivity contribution < 1.29 is 37.6 Å². The van der Waals surface area contributed by atoms with Gasteiger partial charge in [-0.15, -0.1) is 0 Å². The largest absolute Gasteiger partial charge is 0.472 e. The van der Waals surface area contributed by atoms with Gasteiger partial charge in [-0.05, 0) is 32.1 Å². The Balaban J connectivity index is 4.37. The maximum Gasteiger partial charge on any atom is 0.472 e. The molecular formula is C35H62NO8P. The molecule has 2 atom stereocenters. The van der Waals surface area contributed by atoms with E-state index in [0.717, 1.165) is 44.9 Å². The van der Waals surface area contributed by atoms with Crippen LogP contribution < -0.4 is 5.73 Å². The van der Waals surface area contributed by atoms with Gasteiger partial charge in [-0.2, -0.15) is 0 Å². The highest BCUT2D eigenvalue weighted by molar-refractivity contribution is 7.47. The van der Waals surface area contributed by atoms with Crippen LogP contribution in [-0.2, 0) is 32.7 Å². The summed E-state index contributed by atoms with van der Waals surface area (Å²) in [6.45, 7) is 3.50. The summed E-state index contributed by atoms with van der Waals surface area (Å²) in [5.41, 5.74) is 5.31. The lowest BCUT2D eigenvalue weighted by atomic mass is 10.1. The standard InChI is InChI=1S/C35H62NO8P/c1-3-5-7-9-11-13-15-16-18-20-22-24-26-28-35(38)44-33(32-43-45(39,40)42-30-29-36)31-41-34(37)27-25-23-21-19-17-14-12-10-8-6-4-2/h5,7,9,11,13,15-16,18,33H,3-4,6,8,10,12,14,17,19-32,36H2,1-2H3,(H,39,40)/b7-5+,11-9+,15-13+,18-16+. The van der Waals surface area contributed by atoms with Gasteiger partial charge in [0.05, 0.1) is 13.2 Å². The van der Waals surface area contributed by atoms with Crippen molar-refractivity contribution in [1.29, 1.82) is 0 Å². The Morgan fingerprint density at radius 2 is 1.22 bits per heavy atom. The summed E-state index contributed by atoms with van der Waals surface area (Å²) in [6, 6.07) is 0. The summed E-state index contributed by atoms with van der Waals surface area (Å²) in [5.74, 6) is -0.881.